The summed E-state index contributed by atoms with van der Waals surface area (Å²) in [6.07, 6.45) is 0. The van der Waals surface area contributed by atoms with Crippen molar-refractivity contribution in [3.8, 4) is 0 Å². The van der Waals surface area contributed by atoms with Crippen LogP contribution in [0.1, 0.15) is 22.7 Å². The Labute approximate surface area is 113 Å². The van der Waals surface area contributed by atoms with Gasteiger partial charge >= 0.3 is 0 Å². The molecular formula is C16H19FN2. The van der Waals surface area contributed by atoms with Crippen LogP contribution in [0.2, 0.25) is 0 Å². The fraction of sp³-hybridized carbons (Fsp3) is 0.250. The summed E-state index contributed by atoms with van der Waals surface area (Å²) in [6, 6.07) is 12.6. The van der Waals surface area contributed by atoms with Crippen LogP contribution < -0.4 is 11.1 Å². The van der Waals surface area contributed by atoms with E-state index in [9.17, 15) is 4.39 Å². The van der Waals surface area contributed by atoms with Gasteiger partial charge in [0.25, 0.3) is 0 Å². The summed E-state index contributed by atoms with van der Waals surface area (Å²) in [6.45, 7) is 4.62. The monoisotopic (exact) mass is 258 g/mol. The van der Waals surface area contributed by atoms with Crippen molar-refractivity contribution in [2.45, 2.75) is 19.9 Å². The molecule has 0 amide bonds. The largest absolute Gasteiger partial charge is 0.377 e. The maximum atomic E-state index is 12.9. The van der Waals surface area contributed by atoms with Gasteiger partial charge in [-0.2, -0.15) is 0 Å². The van der Waals surface area contributed by atoms with Crippen molar-refractivity contribution in [3.05, 3.63) is 65.0 Å². The molecule has 1 unspecified atom stereocenters. The highest BCUT2D eigenvalue weighted by Gasteiger charge is 2.09. The number of benzene rings is 2. The molecule has 0 spiro atoms. The van der Waals surface area contributed by atoms with Gasteiger partial charge in [-0.25, -0.2) is 4.39 Å². The summed E-state index contributed by atoms with van der Waals surface area (Å²) < 4.78 is 12.9. The molecule has 3 N–H and O–H groups in total. The van der Waals surface area contributed by atoms with Crippen molar-refractivity contribution in [2.24, 2.45) is 5.73 Å². The van der Waals surface area contributed by atoms with Crippen molar-refractivity contribution < 1.29 is 4.39 Å². The van der Waals surface area contributed by atoms with E-state index in [0.29, 0.717) is 6.54 Å². The summed E-state index contributed by atoms with van der Waals surface area (Å²) >= 11 is 0. The van der Waals surface area contributed by atoms with Crippen LogP contribution in [0.4, 0.5) is 10.1 Å². The third-order valence-corrected chi connectivity index (χ3v) is 3.36. The Morgan fingerprint density at radius 3 is 2.32 bits per heavy atom. The van der Waals surface area contributed by atoms with Crippen molar-refractivity contribution in [1.82, 2.24) is 0 Å². The lowest BCUT2D eigenvalue weighted by Gasteiger charge is -2.19. The number of aryl methyl sites for hydroxylation is 2. The van der Waals surface area contributed by atoms with Gasteiger partial charge in [0.15, 0.2) is 0 Å². The normalized spacial score (nSPS) is 12.2. The summed E-state index contributed by atoms with van der Waals surface area (Å²) in [7, 11) is 0. The van der Waals surface area contributed by atoms with Crippen LogP contribution in [0.25, 0.3) is 0 Å². The minimum Gasteiger partial charge on any atom is -0.377 e. The van der Waals surface area contributed by atoms with E-state index in [1.54, 1.807) is 12.1 Å². The van der Waals surface area contributed by atoms with Gasteiger partial charge < -0.3 is 11.1 Å². The number of nitrogens with one attached hydrogen (secondary N) is 1. The Kier molecular flexibility index (Phi) is 4.17. The van der Waals surface area contributed by atoms with Gasteiger partial charge in [-0.15, -0.1) is 0 Å². The molecule has 0 aromatic heterocycles. The quantitative estimate of drug-likeness (QED) is 0.880. The van der Waals surface area contributed by atoms with E-state index >= 15 is 0 Å². The average molecular weight is 258 g/mol. The Morgan fingerprint density at radius 2 is 1.74 bits per heavy atom. The number of hydrogen-bond acceptors (Lipinski definition) is 2. The molecule has 100 valence electrons. The number of halogens is 1. The molecule has 0 saturated heterocycles. The molecule has 2 aromatic carbocycles. The van der Waals surface area contributed by atoms with Gasteiger partial charge in [-0.1, -0.05) is 18.2 Å². The molecule has 0 bridgehead atoms. The number of rotatable bonds is 4. The standard InChI is InChI=1S/C16H19FN2/c1-11-3-8-15(9-12(11)2)19-16(10-18)13-4-6-14(17)7-5-13/h3-9,16,19H,10,18H2,1-2H3. The third kappa shape index (κ3) is 3.32. The lowest BCUT2D eigenvalue weighted by molar-refractivity contribution is 0.626. The first-order valence-electron chi connectivity index (χ1n) is 6.39. The first kappa shape index (κ1) is 13.6. The van der Waals surface area contributed by atoms with Gasteiger partial charge in [-0.3, -0.25) is 0 Å². The molecule has 0 aliphatic carbocycles. The Balaban J connectivity index is 2.18. The van der Waals surface area contributed by atoms with Crippen LogP contribution in [-0.2, 0) is 0 Å². The van der Waals surface area contributed by atoms with Gasteiger partial charge in [0.1, 0.15) is 5.82 Å². The smallest absolute Gasteiger partial charge is 0.123 e. The molecule has 0 heterocycles. The van der Waals surface area contributed by atoms with E-state index in [4.69, 9.17) is 5.73 Å². The van der Waals surface area contributed by atoms with Crippen LogP contribution in [-0.4, -0.2) is 6.54 Å². The van der Waals surface area contributed by atoms with Crippen molar-refractivity contribution >= 4 is 5.69 Å². The molecule has 0 aliphatic heterocycles. The number of anilines is 1. The van der Waals surface area contributed by atoms with Crippen LogP contribution in [0, 0.1) is 19.7 Å². The van der Waals surface area contributed by atoms with Crippen molar-refractivity contribution in [1.29, 1.82) is 0 Å². The molecule has 19 heavy (non-hydrogen) atoms. The van der Waals surface area contributed by atoms with Crippen LogP contribution in [0.5, 0.6) is 0 Å². The van der Waals surface area contributed by atoms with Crippen LogP contribution in [0.15, 0.2) is 42.5 Å². The molecule has 3 heteroatoms. The molecule has 0 fully saturated rings. The molecule has 2 aromatic rings. The molecular weight excluding hydrogens is 239 g/mol. The Morgan fingerprint density at radius 1 is 1.05 bits per heavy atom. The minimum atomic E-state index is -0.231. The van der Waals surface area contributed by atoms with E-state index < -0.39 is 0 Å². The second kappa shape index (κ2) is 5.85. The predicted octanol–water partition coefficient (Wildman–Crippen LogP) is 3.55. The second-order valence-electron chi connectivity index (χ2n) is 4.78. The van der Waals surface area contributed by atoms with Crippen molar-refractivity contribution in [3.63, 3.8) is 0 Å². The van der Waals surface area contributed by atoms with E-state index in [0.717, 1.165) is 11.3 Å². The topological polar surface area (TPSA) is 38.0 Å². The maximum Gasteiger partial charge on any atom is 0.123 e. The highest BCUT2D eigenvalue weighted by atomic mass is 19.1. The molecule has 0 saturated carbocycles. The second-order valence-corrected chi connectivity index (χ2v) is 4.78. The number of hydrogen-bond donors (Lipinski definition) is 2. The highest BCUT2D eigenvalue weighted by Crippen LogP contribution is 2.21. The van der Waals surface area contributed by atoms with Gasteiger partial charge in [-0.05, 0) is 54.8 Å². The number of nitrogens with two attached hydrogens (primary N) is 1. The highest BCUT2D eigenvalue weighted by molar-refractivity contribution is 5.50. The van der Waals surface area contributed by atoms with Gasteiger partial charge in [0.2, 0.25) is 0 Å². The fourth-order valence-electron chi connectivity index (χ4n) is 2.01. The molecule has 2 rings (SSSR count). The third-order valence-electron chi connectivity index (χ3n) is 3.36. The molecule has 0 radical (unpaired) electrons. The summed E-state index contributed by atoms with van der Waals surface area (Å²) in [5, 5.41) is 3.39. The van der Waals surface area contributed by atoms with Crippen molar-refractivity contribution in [2.75, 3.05) is 11.9 Å². The molecule has 1 atom stereocenters. The SMILES string of the molecule is Cc1ccc(NC(CN)c2ccc(F)cc2)cc1C. The van der Waals surface area contributed by atoms with Gasteiger partial charge in [0.05, 0.1) is 6.04 Å². The van der Waals surface area contributed by atoms with Crippen LogP contribution >= 0.6 is 0 Å². The summed E-state index contributed by atoms with van der Waals surface area (Å²) in [5.41, 5.74) is 10.3. The zero-order chi connectivity index (χ0) is 13.8. The first-order chi connectivity index (χ1) is 9.10. The summed E-state index contributed by atoms with van der Waals surface area (Å²) in [5.74, 6) is -0.231. The predicted molar refractivity (Wildman–Crippen MR) is 77.7 cm³/mol. The zero-order valence-corrected chi connectivity index (χ0v) is 11.3. The summed E-state index contributed by atoms with van der Waals surface area (Å²) in [4.78, 5) is 0. The fourth-order valence-corrected chi connectivity index (χ4v) is 2.01. The van der Waals surface area contributed by atoms with E-state index in [1.807, 2.05) is 6.07 Å². The van der Waals surface area contributed by atoms with E-state index in [1.165, 1.54) is 23.3 Å². The van der Waals surface area contributed by atoms with E-state index in [2.05, 4.69) is 31.3 Å². The zero-order valence-electron chi connectivity index (χ0n) is 11.3. The van der Waals surface area contributed by atoms with E-state index in [-0.39, 0.29) is 11.9 Å². The Bertz CT molecular complexity index is 549. The Hall–Kier alpha value is -1.87. The maximum absolute atomic E-state index is 12.9. The van der Waals surface area contributed by atoms with Crippen LogP contribution in [0.3, 0.4) is 0 Å². The minimum absolute atomic E-state index is 0.0114. The lowest BCUT2D eigenvalue weighted by atomic mass is 10.1. The first-order valence-corrected chi connectivity index (χ1v) is 6.39. The average Bonchev–Trinajstić information content (AvgIpc) is 2.41. The lowest BCUT2D eigenvalue weighted by Crippen LogP contribution is -2.20. The molecule has 2 nitrogen and oxygen atoms in total. The van der Waals surface area contributed by atoms with Gasteiger partial charge in [0, 0.05) is 12.2 Å². The molecule has 0 aliphatic rings.